The lowest BCUT2D eigenvalue weighted by Crippen LogP contribution is -2.18. The van der Waals surface area contributed by atoms with E-state index in [0.29, 0.717) is 6.20 Å². The van der Waals surface area contributed by atoms with E-state index in [1.807, 2.05) is 0 Å². The SMILES string of the molecule is COC(=O)c1nn(CC(F)(F)F)cc1[N+](=O)[O-]. The molecule has 7 nitrogen and oxygen atoms in total. The molecule has 1 rings (SSSR count). The molecule has 0 atom stereocenters. The zero-order valence-corrected chi connectivity index (χ0v) is 8.39. The first-order chi connectivity index (χ1) is 7.74. The third kappa shape index (κ3) is 3.16. The quantitative estimate of drug-likeness (QED) is 0.458. The Morgan fingerprint density at radius 1 is 1.65 bits per heavy atom. The number of esters is 1. The first kappa shape index (κ1) is 12.9. The van der Waals surface area contributed by atoms with Crippen LogP contribution in [0.4, 0.5) is 18.9 Å². The summed E-state index contributed by atoms with van der Waals surface area (Å²) in [4.78, 5) is 20.5. The van der Waals surface area contributed by atoms with E-state index in [1.165, 1.54) is 0 Å². The summed E-state index contributed by atoms with van der Waals surface area (Å²) >= 11 is 0. The Bertz CT molecular complexity index is 454. The Morgan fingerprint density at radius 3 is 2.65 bits per heavy atom. The molecule has 0 unspecified atom stereocenters. The summed E-state index contributed by atoms with van der Waals surface area (Å²) < 4.78 is 40.5. The number of nitrogens with zero attached hydrogens (tertiary/aromatic N) is 3. The number of carbonyl (C=O) groups is 1. The van der Waals surface area contributed by atoms with Crippen LogP contribution in [0.2, 0.25) is 0 Å². The van der Waals surface area contributed by atoms with Crippen LogP contribution in [0.25, 0.3) is 0 Å². The molecule has 1 aromatic rings. The summed E-state index contributed by atoms with van der Waals surface area (Å²) in [7, 11) is 0.939. The fourth-order valence-corrected chi connectivity index (χ4v) is 1.05. The average Bonchev–Trinajstić information content (AvgIpc) is 2.57. The van der Waals surface area contributed by atoms with Crippen LogP contribution in [0, 0.1) is 10.1 Å². The van der Waals surface area contributed by atoms with Gasteiger partial charge in [0.2, 0.25) is 5.69 Å². The molecule has 0 aliphatic heterocycles. The molecule has 0 saturated heterocycles. The fraction of sp³-hybridized carbons (Fsp3) is 0.429. The number of methoxy groups -OCH3 is 1. The average molecular weight is 253 g/mol. The zero-order chi connectivity index (χ0) is 13.2. The molecular formula is C7H6F3N3O4. The second kappa shape index (κ2) is 4.39. The molecule has 0 N–H and O–H groups in total. The van der Waals surface area contributed by atoms with Crippen molar-refractivity contribution in [1.29, 1.82) is 0 Å². The van der Waals surface area contributed by atoms with Crippen LogP contribution in [0.1, 0.15) is 10.5 Å². The number of ether oxygens (including phenoxy) is 1. The van der Waals surface area contributed by atoms with Gasteiger partial charge in [-0.15, -0.1) is 0 Å². The summed E-state index contributed by atoms with van der Waals surface area (Å²) in [5.74, 6) is -1.17. The van der Waals surface area contributed by atoms with Crippen molar-refractivity contribution in [3.05, 3.63) is 22.0 Å². The van der Waals surface area contributed by atoms with Gasteiger partial charge in [0.1, 0.15) is 12.7 Å². The summed E-state index contributed by atoms with van der Waals surface area (Å²) in [6.45, 7) is -1.52. The summed E-state index contributed by atoms with van der Waals surface area (Å²) in [6, 6.07) is 0. The highest BCUT2D eigenvalue weighted by atomic mass is 19.4. The molecule has 0 radical (unpaired) electrons. The van der Waals surface area contributed by atoms with Crippen LogP contribution in [0.15, 0.2) is 6.20 Å². The van der Waals surface area contributed by atoms with E-state index in [1.54, 1.807) is 0 Å². The van der Waals surface area contributed by atoms with Gasteiger partial charge in [0, 0.05) is 0 Å². The first-order valence-corrected chi connectivity index (χ1v) is 4.11. The van der Waals surface area contributed by atoms with Gasteiger partial charge >= 0.3 is 17.8 Å². The molecule has 0 amide bonds. The predicted molar refractivity (Wildman–Crippen MR) is 46.3 cm³/mol. The van der Waals surface area contributed by atoms with Crippen LogP contribution in [-0.4, -0.2) is 34.0 Å². The molecule has 0 saturated carbocycles. The molecule has 1 aromatic heterocycles. The molecular weight excluding hydrogens is 247 g/mol. The highest BCUT2D eigenvalue weighted by Gasteiger charge is 2.32. The second-order valence-corrected chi connectivity index (χ2v) is 2.92. The van der Waals surface area contributed by atoms with Gasteiger partial charge in [-0.2, -0.15) is 18.3 Å². The Hall–Kier alpha value is -2.13. The molecule has 0 aliphatic rings. The minimum atomic E-state index is -4.59. The van der Waals surface area contributed by atoms with Gasteiger partial charge in [0.15, 0.2) is 0 Å². The van der Waals surface area contributed by atoms with Gasteiger partial charge in [0.05, 0.1) is 12.0 Å². The van der Waals surface area contributed by atoms with Gasteiger partial charge < -0.3 is 4.74 Å². The van der Waals surface area contributed by atoms with Gasteiger partial charge in [-0.05, 0) is 0 Å². The van der Waals surface area contributed by atoms with Crippen LogP contribution in [-0.2, 0) is 11.3 Å². The Labute approximate surface area is 91.9 Å². The predicted octanol–water partition coefficient (Wildman–Crippen LogP) is 1.14. The molecule has 17 heavy (non-hydrogen) atoms. The smallest absolute Gasteiger partial charge is 0.408 e. The summed E-state index contributed by atoms with van der Waals surface area (Å²) in [5.41, 5.74) is -1.59. The van der Waals surface area contributed by atoms with Crippen LogP contribution in [0.5, 0.6) is 0 Å². The Morgan fingerprint density at radius 2 is 2.24 bits per heavy atom. The summed E-state index contributed by atoms with van der Waals surface area (Å²) in [5, 5.41) is 13.7. The third-order valence-corrected chi connectivity index (χ3v) is 1.66. The molecule has 0 aliphatic carbocycles. The number of nitro groups is 1. The zero-order valence-electron chi connectivity index (χ0n) is 8.39. The van der Waals surface area contributed by atoms with Crippen molar-refractivity contribution in [1.82, 2.24) is 9.78 Å². The maximum absolute atomic E-state index is 12.0. The monoisotopic (exact) mass is 253 g/mol. The topological polar surface area (TPSA) is 87.3 Å². The van der Waals surface area contributed by atoms with Crippen LogP contribution in [0.3, 0.4) is 0 Å². The largest absolute Gasteiger partial charge is 0.464 e. The number of carbonyl (C=O) groups excluding carboxylic acids is 1. The number of alkyl halides is 3. The van der Waals surface area contributed by atoms with Gasteiger partial charge in [-0.25, -0.2) is 4.79 Å². The molecule has 94 valence electrons. The molecule has 0 fully saturated rings. The van der Waals surface area contributed by atoms with E-state index in [0.717, 1.165) is 7.11 Å². The van der Waals surface area contributed by atoms with Crippen LogP contribution >= 0.6 is 0 Å². The Kier molecular flexibility index (Phi) is 3.34. The molecule has 0 aromatic carbocycles. The molecule has 1 heterocycles. The van der Waals surface area contributed by atoms with E-state index in [-0.39, 0.29) is 4.68 Å². The van der Waals surface area contributed by atoms with E-state index < -0.39 is 35.0 Å². The molecule has 10 heteroatoms. The lowest BCUT2D eigenvalue weighted by molar-refractivity contribution is -0.385. The number of hydrogen-bond donors (Lipinski definition) is 0. The summed E-state index contributed by atoms with van der Waals surface area (Å²) in [6.07, 6.45) is -4.06. The van der Waals surface area contributed by atoms with Gasteiger partial charge in [-0.3, -0.25) is 14.8 Å². The van der Waals surface area contributed by atoms with Crippen molar-refractivity contribution >= 4 is 11.7 Å². The fourth-order valence-electron chi connectivity index (χ4n) is 1.05. The van der Waals surface area contributed by atoms with Crippen molar-refractivity contribution in [2.75, 3.05) is 7.11 Å². The number of hydrogen-bond acceptors (Lipinski definition) is 5. The lowest BCUT2D eigenvalue weighted by Gasteiger charge is -2.04. The highest BCUT2D eigenvalue weighted by molar-refractivity contribution is 5.91. The lowest BCUT2D eigenvalue weighted by atomic mass is 10.4. The van der Waals surface area contributed by atoms with Crippen molar-refractivity contribution in [3.63, 3.8) is 0 Å². The first-order valence-electron chi connectivity index (χ1n) is 4.11. The van der Waals surface area contributed by atoms with E-state index in [9.17, 15) is 28.1 Å². The maximum atomic E-state index is 12.0. The minimum absolute atomic E-state index is 0.268. The number of rotatable bonds is 3. The van der Waals surface area contributed by atoms with Crippen molar-refractivity contribution in [3.8, 4) is 0 Å². The number of halogens is 3. The molecule has 0 spiro atoms. The van der Waals surface area contributed by atoms with Crippen LogP contribution < -0.4 is 0 Å². The van der Waals surface area contributed by atoms with E-state index in [4.69, 9.17) is 0 Å². The van der Waals surface area contributed by atoms with E-state index in [2.05, 4.69) is 9.84 Å². The van der Waals surface area contributed by atoms with Gasteiger partial charge in [0.25, 0.3) is 0 Å². The normalized spacial score (nSPS) is 11.3. The third-order valence-electron chi connectivity index (χ3n) is 1.66. The number of aromatic nitrogens is 2. The van der Waals surface area contributed by atoms with Crippen molar-refractivity contribution in [2.24, 2.45) is 0 Å². The maximum Gasteiger partial charge on any atom is 0.408 e. The second-order valence-electron chi connectivity index (χ2n) is 2.92. The standard InChI is InChI=1S/C7H6F3N3O4/c1-17-6(14)5-4(13(15)16)2-12(11-5)3-7(8,9)10/h2H,3H2,1H3. The van der Waals surface area contributed by atoms with E-state index >= 15 is 0 Å². The Balaban J connectivity index is 3.13. The van der Waals surface area contributed by atoms with Crippen molar-refractivity contribution < 1.29 is 27.6 Å². The minimum Gasteiger partial charge on any atom is -0.464 e. The van der Waals surface area contributed by atoms with Gasteiger partial charge in [-0.1, -0.05) is 0 Å². The van der Waals surface area contributed by atoms with Crippen molar-refractivity contribution in [2.45, 2.75) is 12.7 Å². The highest BCUT2D eigenvalue weighted by Crippen LogP contribution is 2.22. The molecule has 0 bridgehead atoms.